The number of H-pyrrole nitrogens is 1. The van der Waals surface area contributed by atoms with Crippen molar-refractivity contribution in [1.82, 2.24) is 15.3 Å². The van der Waals surface area contributed by atoms with Gasteiger partial charge in [0.1, 0.15) is 29.4 Å². The van der Waals surface area contributed by atoms with Crippen molar-refractivity contribution in [3.63, 3.8) is 0 Å². The first kappa shape index (κ1) is 18.6. The lowest BCUT2D eigenvalue weighted by molar-refractivity contribution is -0.143. The zero-order valence-electron chi connectivity index (χ0n) is 14.5. The van der Waals surface area contributed by atoms with E-state index in [-0.39, 0.29) is 24.5 Å². The highest BCUT2D eigenvalue weighted by molar-refractivity contribution is 7.17. The first-order valence-electron chi connectivity index (χ1n) is 8.20. The molecule has 0 radical (unpaired) electrons. The second-order valence-electron chi connectivity index (χ2n) is 5.45. The number of hydrogen-bond donors (Lipinski definition) is 2. The first-order valence-corrected chi connectivity index (χ1v) is 9.08. The lowest BCUT2D eigenvalue weighted by Crippen LogP contribution is -2.30. The molecule has 140 valence electrons. The van der Waals surface area contributed by atoms with Gasteiger partial charge in [0.15, 0.2) is 0 Å². The van der Waals surface area contributed by atoms with E-state index in [1.807, 2.05) is 6.92 Å². The van der Waals surface area contributed by atoms with E-state index in [9.17, 15) is 14.4 Å². The summed E-state index contributed by atoms with van der Waals surface area (Å²) in [6.07, 6.45) is 0. The highest BCUT2D eigenvalue weighted by Crippen LogP contribution is 2.14. The van der Waals surface area contributed by atoms with Crippen molar-refractivity contribution in [2.45, 2.75) is 13.5 Å². The smallest absolute Gasteiger partial charge is 0.325 e. The number of aromatic nitrogens is 2. The molecule has 0 saturated heterocycles. The van der Waals surface area contributed by atoms with Crippen LogP contribution in [0.25, 0.3) is 10.2 Å². The van der Waals surface area contributed by atoms with Crippen LogP contribution < -0.4 is 15.6 Å². The van der Waals surface area contributed by atoms with Crippen LogP contribution in [-0.2, 0) is 16.1 Å². The minimum atomic E-state index is -0.637. The molecule has 0 saturated carbocycles. The Morgan fingerprint density at radius 3 is 2.74 bits per heavy atom. The Morgan fingerprint density at radius 2 is 2.00 bits per heavy atom. The van der Waals surface area contributed by atoms with Crippen molar-refractivity contribution in [3.8, 4) is 5.75 Å². The summed E-state index contributed by atoms with van der Waals surface area (Å²) in [6, 6.07) is 8.29. The van der Waals surface area contributed by atoms with Gasteiger partial charge in [0.25, 0.3) is 11.5 Å². The predicted molar refractivity (Wildman–Crippen MR) is 100.0 cm³/mol. The molecule has 0 aliphatic carbocycles. The Labute approximate surface area is 158 Å². The predicted octanol–water partition coefficient (Wildman–Crippen LogP) is 1.86. The molecular weight excluding hydrogens is 370 g/mol. The number of esters is 1. The van der Waals surface area contributed by atoms with Gasteiger partial charge >= 0.3 is 5.97 Å². The quantitative estimate of drug-likeness (QED) is 0.599. The summed E-state index contributed by atoms with van der Waals surface area (Å²) in [5.74, 6) is -0.127. The number of nitrogens with zero attached hydrogens (tertiary/aromatic N) is 1. The zero-order valence-corrected chi connectivity index (χ0v) is 15.3. The molecule has 0 fully saturated rings. The fourth-order valence-electron chi connectivity index (χ4n) is 2.31. The SMILES string of the molecule is CCOc1ccc(C(=O)NCC(=O)OCc2nc3ccsc3c(=O)[nH]2)cc1. The summed E-state index contributed by atoms with van der Waals surface area (Å²) in [5.41, 5.74) is 0.684. The highest BCUT2D eigenvalue weighted by atomic mass is 32.1. The van der Waals surface area contributed by atoms with Crippen LogP contribution in [0.2, 0.25) is 0 Å². The molecule has 3 rings (SSSR count). The van der Waals surface area contributed by atoms with E-state index < -0.39 is 11.9 Å². The molecule has 0 atom stereocenters. The number of aromatic amines is 1. The molecule has 2 aromatic heterocycles. The lowest BCUT2D eigenvalue weighted by Gasteiger charge is -2.07. The molecular formula is C18H17N3O5S. The average Bonchev–Trinajstić information content (AvgIpc) is 3.14. The van der Waals surface area contributed by atoms with Crippen LogP contribution in [0.4, 0.5) is 0 Å². The third-order valence-corrected chi connectivity index (χ3v) is 4.46. The average molecular weight is 387 g/mol. The van der Waals surface area contributed by atoms with Gasteiger partial charge in [-0.25, -0.2) is 4.98 Å². The third kappa shape index (κ3) is 4.70. The van der Waals surface area contributed by atoms with Gasteiger partial charge in [0.05, 0.1) is 12.1 Å². The molecule has 27 heavy (non-hydrogen) atoms. The van der Waals surface area contributed by atoms with Crippen molar-refractivity contribution in [2.24, 2.45) is 0 Å². The molecule has 0 bridgehead atoms. The van der Waals surface area contributed by atoms with Crippen LogP contribution in [0.5, 0.6) is 5.75 Å². The Bertz CT molecular complexity index is 1010. The Morgan fingerprint density at radius 1 is 1.22 bits per heavy atom. The lowest BCUT2D eigenvalue weighted by atomic mass is 10.2. The number of nitrogens with one attached hydrogen (secondary N) is 2. The van der Waals surface area contributed by atoms with E-state index in [1.54, 1.807) is 35.7 Å². The van der Waals surface area contributed by atoms with Crippen LogP contribution in [-0.4, -0.2) is 35.0 Å². The maximum Gasteiger partial charge on any atom is 0.325 e. The fourth-order valence-corrected chi connectivity index (χ4v) is 3.04. The normalized spacial score (nSPS) is 10.6. The number of ether oxygens (including phenoxy) is 2. The number of thiophene rings is 1. The third-order valence-electron chi connectivity index (χ3n) is 3.55. The minimum absolute atomic E-state index is 0.182. The van der Waals surface area contributed by atoms with Gasteiger partial charge in [-0.15, -0.1) is 11.3 Å². The molecule has 3 aromatic rings. The van der Waals surface area contributed by atoms with Crippen LogP contribution in [0.1, 0.15) is 23.1 Å². The maximum atomic E-state index is 12.0. The van der Waals surface area contributed by atoms with Crippen molar-refractivity contribution < 1.29 is 19.1 Å². The van der Waals surface area contributed by atoms with Crippen molar-refractivity contribution in [3.05, 3.63) is 57.5 Å². The maximum absolute atomic E-state index is 12.0. The molecule has 1 amide bonds. The van der Waals surface area contributed by atoms with Crippen molar-refractivity contribution in [2.75, 3.05) is 13.2 Å². The van der Waals surface area contributed by atoms with Gasteiger partial charge in [-0.1, -0.05) is 0 Å². The summed E-state index contributed by atoms with van der Waals surface area (Å²) in [6.45, 7) is 1.93. The van der Waals surface area contributed by atoms with E-state index in [4.69, 9.17) is 9.47 Å². The molecule has 0 unspecified atom stereocenters. The fraction of sp³-hybridized carbons (Fsp3) is 0.222. The largest absolute Gasteiger partial charge is 0.494 e. The molecule has 2 N–H and O–H groups in total. The summed E-state index contributed by atoms with van der Waals surface area (Å²) in [7, 11) is 0. The van der Waals surface area contributed by atoms with Gasteiger partial charge in [-0.05, 0) is 42.6 Å². The minimum Gasteiger partial charge on any atom is -0.494 e. The second-order valence-corrected chi connectivity index (χ2v) is 6.36. The number of carbonyl (C=O) groups excluding carboxylic acids is 2. The monoisotopic (exact) mass is 387 g/mol. The first-order chi connectivity index (χ1) is 13.1. The van der Waals surface area contributed by atoms with E-state index in [0.717, 1.165) is 0 Å². The summed E-state index contributed by atoms with van der Waals surface area (Å²) in [5, 5.41) is 4.24. The Kier molecular flexibility index (Phi) is 5.82. The number of fused-ring (bicyclic) bond motifs is 1. The second kappa shape index (κ2) is 8.45. The summed E-state index contributed by atoms with van der Waals surface area (Å²) >= 11 is 1.29. The van der Waals surface area contributed by atoms with Crippen LogP contribution in [0, 0.1) is 0 Å². The van der Waals surface area contributed by atoms with Gasteiger partial charge < -0.3 is 19.8 Å². The molecule has 0 spiro atoms. The Balaban J connectivity index is 1.50. The molecule has 0 aliphatic rings. The van der Waals surface area contributed by atoms with Crippen LogP contribution >= 0.6 is 11.3 Å². The topological polar surface area (TPSA) is 110 Å². The summed E-state index contributed by atoms with van der Waals surface area (Å²) < 4.78 is 10.9. The molecule has 2 heterocycles. The number of carbonyl (C=O) groups is 2. The molecule has 0 aliphatic heterocycles. The van der Waals surface area contributed by atoms with E-state index in [1.165, 1.54) is 11.3 Å². The van der Waals surface area contributed by atoms with Gasteiger partial charge in [-0.2, -0.15) is 0 Å². The van der Waals surface area contributed by atoms with E-state index in [2.05, 4.69) is 15.3 Å². The number of benzene rings is 1. The standard InChI is InChI=1S/C18H17N3O5S/c1-2-25-12-5-3-11(4-6-12)17(23)19-9-15(22)26-10-14-20-13-7-8-27-16(13)18(24)21-14/h3-8H,2,9-10H2,1H3,(H,19,23)(H,20,21,24). The number of hydrogen-bond acceptors (Lipinski definition) is 7. The number of rotatable bonds is 7. The summed E-state index contributed by atoms with van der Waals surface area (Å²) in [4.78, 5) is 42.5. The van der Waals surface area contributed by atoms with Gasteiger partial charge in [-0.3, -0.25) is 14.4 Å². The van der Waals surface area contributed by atoms with Crippen molar-refractivity contribution in [1.29, 1.82) is 0 Å². The van der Waals surface area contributed by atoms with Crippen molar-refractivity contribution >= 4 is 33.4 Å². The number of amides is 1. The zero-order chi connectivity index (χ0) is 19.2. The van der Waals surface area contributed by atoms with Gasteiger partial charge in [0.2, 0.25) is 0 Å². The molecule has 8 nitrogen and oxygen atoms in total. The highest BCUT2D eigenvalue weighted by Gasteiger charge is 2.11. The molecule has 9 heteroatoms. The van der Waals surface area contributed by atoms with Crippen LogP contribution in [0.3, 0.4) is 0 Å². The molecule has 1 aromatic carbocycles. The Hall–Kier alpha value is -3.20. The van der Waals surface area contributed by atoms with E-state index in [0.29, 0.717) is 28.1 Å². The van der Waals surface area contributed by atoms with E-state index >= 15 is 0 Å². The van der Waals surface area contributed by atoms with Crippen LogP contribution in [0.15, 0.2) is 40.5 Å². The van der Waals surface area contributed by atoms with Gasteiger partial charge in [0, 0.05) is 5.56 Å².